The van der Waals surface area contributed by atoms with Gasteiger partial charge in [-0.1, -0.05) is 24.1 Å². The van der Waals surface area contributed by atoms with E-state index in [2.05, 4.69) is 31.9 Å². The Morgan fingerprint density at radius 1 is 1.06 bits per heavy atom. The summed E-state index contributed by atoms with van der Waals surface area (Å²) in [6, 6.07) is 12.2. The van der Waals surface area contributed by atoms with Crippen LogP contribution in [0.5, 0.6) is 0 Å². The number of rotatable bonds is 7. The van der Waals surface area contributed by atoms with E-state index < -0.39 is 0 Å². The van der Waals surface area contributed by atoms with Crippen LogP contribution in [-0.2, 0) is 6.54 Å². The van der Waals surface area contributed by atoms with E-state index >= 15 is 0 Å². The van der Waals surface area contributed by atoms with E-state index in [4.69, 9.17) is 0 Å². The molecular formula is C24H33N5OS. The highest BCUT2D eigenvalue weighted by atomic mass is 32.2. The molecule has 1 aromatic carbocycles. The van der Waals surface area contributed by atoms with E-state index in [1.807, 2.05) is 42.3 Å². The van der Waals surface area contributed by atoms with Crippen LogP contribution in [0.4, 0.5) is 5.69 Å². The Balaban J connectivity index is 1.15. The minimum absolute atomic E-state index is 0.112. The third-order valence-electron chi connectivity index (χ3n) is 6.36. The monoisotopic (exact) mass is 439 g/mol. The molecule has 0 bridgehead atoms. The number of pyridine rings is 1. The van der Waals surface area contributed by atoms with Gasteiger partial charge in [-0.3, -0.25) is 19.4 Å². The molecule has 2 N–H and O–H groups in total. The molecule has 4 rings (SSSR count). The molecule has 2 aromatic rings. The van der Waals surface area contributed by atoms with Gasteiger partial charge >= 0.3 is 0 Å². The second kappa shape index (κ2) is 11.1. The first-order valence-corrected chi connectivity index (χ1v) is 12.2. The summed E-state index contributed by atoms with van der Waals surface area (Å²) in [5.41, 5.74) is 2.55. The molecule has 0 radical (unpaired) electrons. The number of hydrogen-bond acceptors (Lipinski definition) is 6. The number of nitrogens with one attached hydrogen (secondary N) is 2. The van der Waals surface area contributed by atoms with Gasteiger partial charge in [0.25, 0.3) is 5.91 Å². The lowest BCUT2D eigenvalue weighted by atomic mass is 9.93. The largest absolute Gasteiger partial charge is 0.321 e. The van der Waals surface area contributed by atoms with Crippen LogP contribution in [0.2, 0.25) is 0 Å². The van der Waals surface area contributed by atoms with Gasteiger partial charge in [0.2, 0.25) is 0 Å². The van der Waals surface area contributed by atoms with Crippen molar-refractivity contribution in [3.63, 3.8) is 0 Å². The van der Waals surface area contributed by atoms with Crippen molar-refractivity contribution in [1.29, 1.82) is 0 Å². The Kier molecular flexibility index (Phi) is 7.97. The van der Waals surface area contributed by atoms with Crippen LogP contribution in [-0.4, -0.2) is 65.2 Å². The highest BCUT2D eigenvalue weighted by molar-refractivity contribution is 7.98. The van der Waals surface area contributed by atoms with E-state index in [0.29, 0.717) is 16.5 Å². The number of likely N-dealkylation sites (N-methyl/N-ethyl adjacent to an activating group) is 1. The Labute approximate surface area is 189 Å². The highest BCUT2D eigenvalue weighted by Crippen LogP contribution is 2.30. The summed E-state index contributed by atoms with van der Waals surface area (Å²) < 4.78 is 3.55. The minimum atomic E-state index is -0.112. The van der Waals surface area contributed by atoms with Crippen LogP contribution in [0.15, 0.2) is 48.8 Å². The van der Waals surface area contributed by atoms with Crippen molar-refractivity contribution in [2.45, 2.75) is 43.5 Å². The summed E-state index contributed by atoms with van der Waals surface area (Å²) in [6.07, 6.45) is 8.57. The van der Waals surface area contributed by atoms with Crippen LogP contribution in [0.1, 0.15) is 41.6 Å². The van der Waals surface area contributed by atoms with E-state index in [1.165, 1.54) is 57.4 Å². The number of anilines is 1. The molecule has 1 saturated heterocycles. The number of hydrogen-bond donors (Lipinski definition) is 2. The van der Waals surface area contributed by atoms with Crippen molar-refractivity contribution in [3.05, 3.63) is 59.9 Å². The Morgan fingerprint density at radius 2 is 1.81 bits per heavy atom. The number of benzene rings is 1. The smallest absolute Gasteiger partial charge is 0.255 e. The molecule has 2 heterocycles. The average molecular weight is 440 g/mol. The third kappa shape index (κ3) is 6.53. The Bertz CT molecular complexity index is 816. The lowest BCUT2D eigenvalue weighted by Gasteiger charge is -2.41. The number of carbonyl (C=O) groups excluding carboxylic acids is 1. The summed E-state index contributed by atoms with van der Waals surface area (Å²) in [7, 11) is 2.22. The van der Waals surface area contributed by atoms with Gasteiger partial charge in [0, 0.05) is 55.8 Å². The van der Waals surface area contributed by atoms with Gasteiger partial charge in [-0.2, -0.15) is 0 Å². The molecule has 6 nitrogen and oxygen atoms in total. The molecule has 31 heavy (non-hydrogen) atoms. The molecule has 1 saturated carbocycles. The van der Waals surface area contributed by atoms with Gasteiger partial charge in [-0.05, 0) is 62.6 Å². The van der Waals surface area contributed by atoms with Crippen molar-refractivity contribution < 1.29 is 4.79 Å². The molecule has 1 aromatic heterocycles. The summed E-state index contributed by atoms with van der Waals surface area (Å²) in [6.45, 7) is 5.69. The zero-order valence-corrected chi connectivity index (χ0v) is 19.1. The van der Waals surface area contributed by atoms with Crippen LogP contribution < -0.4 is 10.0 Å². The van der Waals surface area contributed by atoms with Crippen molar-refractivity contribution in [1.82, 2.24) is 19.5 Å². The Morgan fingerprint density at radius 3 is 2.48 bits per heavy atom. The van der Waals surface area contributed by atoms with E-state index in [1.54, 1.807) is 18.5 Å². The first-order valence-electron chi connectivity index (χ1n) is 11.3. The van der Waals surface area contributed by atoms with Crippen LogP contribution in [0, 0.1) is 0 Å². The number of piperazine rings is 1. The average Bonchev–Trinajstić information content (AvgIpc) is 2.81. The molecule has 1 amide bonds. The van der Waals surface area contributed by atoms with Crippen LogP contribution in [0.3, 0.4) is 0 Å². The van der Waals surface area contributed by atoms with Gasteiger partial charge in [0.05, 0.1) is 11.9 Å². The molecule has 0 atom stereocenters. The number of aromatic nitrogens is 1. The van der Waals surface area contributed by atoms with Gasteiger partial charge in [-0.25, -0.2) is 0 Å². The van der Waals surface area contributed by atoms with Gasteiger partial charge in [-0.15, -0.1) is 0 Å². The fourth-order valence-corrected chi connectivity index (χ4v) is 5.37. The zero-order valence-electron chi connectivity index (χ0n) is 18.3. The van der Waals surface area contributed by atoms with Gasteiger partial charge in [0.1, 0.15) is 0 Å². The van der Waals surface area contributed by atoms with E-state index in [9.17, 15) is 4.79 Å². The lowest BCUT2D eigenvalue weighted by molar-refractivity contribution is 0.0922. The fraction of sp³-hybridized carbons (Fsp3) is 0.500. The third-order valence-corrected chi connectivity index (χ3v) is 7.48. The predicted octanol–water partition coefficient (Wildman–Crippen LogP) is 3.63. The molecular weight excluding hydrogens is 406 g/mol. The zero-order chi connectivity index (χ0) is 21.5. The molecule has 0 spiro atoms. The normalized spacial score (nSPS) is 22.9. The van der Waals surface area contributed by atoms with Crippen molar-refractivity contribution in [3.8, 4) is 0 Å². The standard InChI is InChI=1S/C24H33N5OS/c1-28-13-15-29(16-14-28)22-8-10-23(11-9-22)31-26-17-19-4-6-20(7-5-19)24(30)27-21-3-2-12-25-18-21/h2-7,12,18,22-23,26H,8-11,13-17H2,1H3,(H,27,30). The van der Waals surface area contributed by atoms with Crippen LogP contribution in [0.25, 0.3) is 0 Å². The van der Waals surface area contributed by atoms with E-state index in [-0.39, 0.29) is 5.91 Å². The molecule has 2 aliphatic rings. The number of amides is 1. The molecule has 0 unspecified atom stereocenters. The van der Waals surface area contributed by atoms with Crippen LogP contribution >= 0.6 is 11.9 Å². The quantitative estimate of drug-likeness (QED) is 0.643. The van der Waals surface area contributed by atoms with Crippen molar-refractivity contribution in [2.75, 3.05) is 38.5 Å². The van der Waals surface area contributed by atoms with E-state index in [0.717, 1.165) is 12.6 Å². The maximum atomic E-state index is 12.3. The van der Waals surface area contributed by atoms with Gasteiger partial charge in [0.15, 0.2) is 0 Å². The molecule has 7 heteroatoms. The van der Waals surface area contributed by atoms with Crippen molar-refractivity contribution in [2.24, 2.45) is 0 Å². The summed E-state index contributed by atoms with van der Waals surface area (Å²) in [5.74, 6) is -0.112. The molecule has 1 aliphatic heterocycles. The second-order valence-electron chi connectivity index (χ2n) is 8.60. The molecule has 166 valence electrons. The van der Waals surface area contributed by atoms with Crippen molar-refractivity contribution >= 4 is 23.5 Å². The number of carbonyl (C=O) groups is 1. The Hall–Kier alpha value is -1.93. The predicted molar refractivity (Wildman–Crippen MR) is 128 cm³/mol. The fourth-order valence-electron chi connectivity index (χ4n) is 4.37. The molecule has 2 fully saturated rings. The first-order chi connectivity index (χ1) is 15.2. The lowest BCUT2D eigenvalue weighted by Crippen LogP contribution is -2.50. The topological polar surface area (TPSA) is 60.5 Å². The first kappa shape index (κ1) is 22.3. The highest BCUT2D eigenvalue weighted by Gasteiger charge is 2.27. The summed E-state index contributed by atoms with van der Waals surface area (Å²) in [5, 5.41) is 3.57. The van der Waals surface area contributed by atoms with Gasteiger partial charge < -0.3 is 10.2 Å². The SMILES string of the molecule is CN1CCN(C2CCC(SNCc3ccc(C(=O)Nc4cccnc4)cc3)CC2)CC1. The summed E-state index contributed by atoms with van der Waals surface area (Å²) >= 11 is 1.89. The maximum absolute atomic E-state index is 12.3. The second-order valence-corrected chi connectivity index (χ2v) is 9.79. The number of nitrogens with zero attached hydrogens (tertiary/aromatic N) is 3. The molecule has 1 aliphatic carbocycles. The maximum Gasteiger partial charge on any atom is 0.255 e. The summed E-state index contributed by atoms with van der Waals surface area (Å²) in [4.78, 5) is 21.5. The minimum Gasteiger partial charge on any atom is -0.321 e.